The highest BCUT2D eigenvalue weighted by atomic mass is 16.5. The number of nitrogens with one attached hydrogen (secondary N) is 1. The molecule has 0 saturated carbocycles. The summed E-state index contributed by atoms with van der Waals surface area (Å²) in [7, 11) is 1.69. The van der Waals surface area contributed by atoms with Crippen LogP contribution in [0.25, 0.3) is 10.8 Å². The molecule has 0 fully saturated rings. The fourth-order valence-electron chi connectivity index (χ4n) is 2.74. The van der Waals surface area contributed by atoms with Gasteiger partial charge in [-0.2, -0.15) is 0 Å². The Balaban J connectivity index is 1.67. The van der Waals surface area contributed by atoms with E-state index in [-0.39, 0.29) is 0 Å². The second-order valence-corrected chi connectivity index (χ2v) is 5.66. The van der Waals surface area contributed by atoms with Gasteiger partial charge in [-0.05, 0) is 53.9 Å². The van der Waals surface area contributed by atoms with Gasteiger partial charge in [-0.3, -0.25) is 0 Å². The van der Waals surface area contributed by atoms with Gasteiger partial charge in [0.25, 0.3) is 0 Å². The van der Waals surface area contributed by atoms with Gasteiger partial charge >= 0.3 is 0 Å². The molecule has 1 N–H and O–H groups in total. The van der Waals surface area contributed by atoms with Crippen LogP contribution in [0.1, 0.15) is 12.5 Å². The Bertz CT molecular complexity index is 749. The number of fused-ring (bicyclic) bond motifs is 1. The van der Waals surface area contributed by atoms with Crippen molar-refractivity contribution in [2.75, 3.05) is 12.4 Å². The van der Waals surface area contributed by atoms with Gasteiger partial charge in [0, 0.05) is 11.7 Å². The van der Waals surface area contributed by atoms with Gasteiger partial charge in [-0.1, -0.05) is 42.5 Å². The first-order valence-electron chi connectivity index (χ1n) is 7.63. The summed E-state index contributed by atoms with van der Waals surface area (Å²) in [6, 6.07) is 23.6. The standard InChI is InChI=1S/C20H21NO/c1-15(21-19-9-11-20(22-2)12-10-19)13-16-7-8-17-5-3-4-6-18(17)14-16/h3-12,14-15,21H,13H2,1-2H3. The summed E-state index contributed by atoms with van der Waals surface area (Å²) in [5.41, 5.74) is 2.47. The third kappa shape index (κ3) is 3.40. The lowest BCUT2D eigenvalue weighted by Gasteiger charge is -2.16. The molecule has 0 aliphatic heterocycles. The molecule has 0 spiro atoms. The molecule has 1 atom stereocenters. The lowest BCUT2D eigenvalue weighted by Crippen LogP contribution is -2.17. The van der Waals surface area contributed by atoms with Gasteiger partial charge in [-0.15, -0.1) is 0 Å². The fourth-order valence-corrected chi connectivity index (χ4v) is 2.74. The van der Waals surface area contributed by atoms with E-state index in [9.17, 15) is 0 Å². The van der Waals surface area contributed by atoms with Crippen molar-refractivity contribution in [3.63, 3.8) is 0 Å². The summed E-state index contributed by atoms with van der Waals surface area (Å²) in [6.07, 6.45) is 0.997. The van der Waals surface area contributed by atoms with Crippen LogP contribution in [0.15, 0.2) is 66.7 Å². The SMILES string of the molecule is COc1ccc(NC(C)Cc2ccc3ccccc3c2)cc1. The summed E-state index contributed by atoms with van der Waals surface area (Å²) in [4.78, 5) is 0. The molecule has 0 aliphatic rings. The predicted octanol–water partition coefficient (Wildman–Crippen LogP) is 4.89. The van der Waals surface area contributed by atoms with Crippen LogP contribution in [0, 0.1) is 0 Å². The van der Waals surface area contributed by atoms with Crippen molar-refractivity contribution in [1.82, 2.24) is 0 Å². The Labute approximate surface area is 131 Å². The first kappa shape index (κ1) is 14.5. The van der Waals surface area contributed by atoms with Crippen LogP contribution >= 0.6 is 0 Å². The number of hydrogen-bond donors (Lipinski definition) is 1. The summed E-state index contributed by atoms with van der Waals surface area (Å²) >= 11 is 0. The molecule has 0 radical (unpaired) electrons. The third-order valence-electron chi connectivity index (χ3n) is 3.86. The molecule has 1 unspecified atom stereocenters. The maximum absolute atomic E-state index is 5.18. The Morgan fingerprint density at radius 2 is 1.64 bits per heavy atom. The minimum absolute atomic E-state index is 0.370. The third-order valence-corrected chi connectivity index (χ3v) is 3.86. The van der Waals surface area contributed by atoms with Gasteiger partial charge in [0.1, 0.15) is 5.75 Å². The minimum Gasteiger partial charge on any atom is -0.497 e. The average molecular weight is 291 g/mol. The highest BCUT2D eigenvalue weighted by Crippen LogP contribution is 2.19. The maximum atomic E-state index is 5.18. The largest absolute Gasteiger partial charge is 0.497 e. The van der Waals surface area contributed by atoms with Gasteiger partial charge in [-0.25, -0.2) is 0 Å². The quantitative estimate of drug-likeness (QED) is 0.722. The zero-order valence-corrected chi connectivity index (χ0v) is 13.0. The van der Waals surface area contributed by atoms with Crippen LogP contribution in [-0.4, -0.2) is 13.2 Å². The molecule has 2 nitrogen and oxygen atoms in total. The number of hydrogen-bond acceptors (Lipinski definition) is 2. The highest BCUT2D eigenvalue weighted by Gasteiger charge is 2.05. The van der Waals surface area contributed by atoms with Crippen molar-refractivity contribution in [3.05, 3.63) is 72.3 Å². The van der Waals surface area contributed by atoms with Gasteiger partial charge in [0.05, 0.1) is 7.11 Å². The number of benzene rings is 3. The molecular formula is C20H21NO. The molecule has 0 saturated heterocycles. The monoisotopic (exact) mass is 291 g/mol. The number of methoxy groups -OCH3 is 1. The molecule has 3 aromatic rings. The molecule has 0 bridgehead atoms. The van der Waals surface area contributed by atoms with Crippen LogP contribution in [0.5, 0.6) is 5.75 Å². The molecular weight excluding hydrogens is 270 g/mol. The topological polar surface area (TPSA) is 21.3 Å². The van der Waals surface area contributed by atoms with Crippen LogP contribution in [0.2, 0.25) is 0 Å². The van der Waals surface area contributed by atoms with Crippen LogP contribution in [0.3, 0.4) is 0 Å². The molecule has 0 heterocycles. The zero-order chi connectivity index (χ0) is 15.4. The van der Waals surface area contributed by atoms with Crippen molar-refractivity contribution < 1.29 is 4.74 Å². The molecule has 0 aromatic heterocycles. The second-order valence-electron chi connectivity index (χ2n) is 5.66. The summed E-state index contributed by atoms with van der Waals surface area (Å²) in [5, 5.41) is 6.13. The molecule has 0 amide bonds. The van der Waals surface area contributed by atoms with E-state index in [2.05, 4.69) is 66.8 Å². The lowest BCUT2D eigenvalue weighted by atomic mass is 10.0. The number of ether oxygens (including phenoxy) is 1. The Kier molecular flexibility index (Phi) is 4.29. The molecule has 3 aromatic carbocycles. The first-order chi connectivity index (χ1) is 10.7. The van der Waals surface area contributed by atoms with Crippen LogP contribution in [-0.2, 0) is 6.42 Å². The van der Waals surface area contributed by atoms with Gasteiger partial charge in [0.2, 0.25) is 0 Å². The number of anilines is 1. The van der Waals surface area contributed by atoms with Crippen molar-refractivity contribution in [2.45, 2.75) is 19.4 Å². The van der Waals surface area contributed by atoms with Gasteiger partial charge in [0.15, 0.2) is 0 Å². The van der Waals surface area contributed by atoms with Crippen molar-refractivity contribution in [3.8, 4) is 5.75 Å². The van der Waals surface area contributed by atoms with Crippen LogP contribution in [0.4, 0.5) is 5.69 Å². The van der Waals surface area contributed by atoms with Crippen LogP contribution < -0.4 is 10.1 Å². The Morgan fingerprint density at radius 1 is 0.909 bits per heavy atom. The maximum Gasteiger partial charge on any atom is 0.119 e. The van der Waals surface area contributed by atoms with Crippen molar-refractivity contribution in [1.29, 1.82) is 0 Å². The van der Waals surface area contributed by atoms with Crippen molar-refractivity contribution >= 4 is 16.5 Å². The molecule has 3 rings (SSSR count). The van der Waals surface area contributed by atoms with E-state index >= 15 is 0 Å². The second kappa shape index (κ2) is 6.52. The van der Waals surface area contributed by atoms with Gasteiger partial charge < -0.3 is 10.1 Å². The molecule has 22 heavy (non-hydrogen) atoms. The van der Waals surface area contributed by atoms with E-state index in [0.717, 1.165) is 17.9 Å². The highest BCUT2D eigenvalue weighted by molar-refractivity contribution is 5.83. The first-order valence-corrected chi connectivity index (χ1v) is 7.63. The normalized spacial score (nSPS) is 12.1. The smallest absolute Gasteiger partial charge is 0.119 e. The van der Waals surface area contributed by atoms with E-state index in [4.69, 9.17) is 4.74 Å². The summed E-state index contributed by atoms with van der Waals surface area (Å²) in [6.45, 7) is 2.21. The number of rotatable bonds is 5. The van der Waals surface area contributed by atoms with E-state index in [1.165, 1.54) is 16.3 Å². The molecule has 2 heteroatoms. The molecule has 112 valence electrons. The van der Waals surface area contributed by atoms with E-state index in [0.29, 0.717) is 6.04 Å². The average Bonchev–Trinajstić information content (AvgIpc) is 2.55. The fraction of sp³-hybridized carbons (Fsp3) is 0.200. The predicted molar refractivity (Wildman–Crippen MR) is 93.7 cm³/mol. The molecule has 0 aliphatic carbocycles. The Hall–Kier alpha value is -2.48. The van der Waals surface area contributed by atoms with E-state index < -0.39 is 0 Å². The van der Waals surface area contributed by atoms with E-state index in [1.807, 2.05) is 12.1 Å². The summed E-state index contributed by atoms with van der Waals surface area (Å²) in [5.74, 6) is 0.882. The summed E-state index contributed by atoms with van der Waals surface area (Å²) < 4.78 is 5.18. The van der Waals surface area contributed by atoms with E-state index in [1.54, 1.807) is 7.11 Å². The Morgan fingerprint density at radius 3 is 2.36 bits per heavy atom. The minimum atomic E-state index is 0.370. The van der Waals surface area contributed by atoms with Crippen molar-refractivity contribution in [2.24, 2.45) is 0 Å². The zero-order valence-electron chi connectivity index (χ0n) is 13.0. The lowest BCUT2D eigenvalue weighted by molar-refractivity contribution is 0.415.